The largest absolute Gasteiger partial charge is 0.385 e. The molecule has 1 aliphatic rings. The molecular weight excluding hydrogens is 425 g/mol. The number of hydrogen-bond donors (Lipinski definition) is 2. The van der Waals surface area contributed by atoms with Gasteiger partial charge >= 0.3 is 0 Å². The van der Waals surface area contributed by atoms with Crippen LogP contribution in [0.15, 0.2) is 54.6 Å². The molecule has 2 aromatic carbocycles. The second-order valence-electron chi connectivity index (χ2n) is 8.06. The molecule has 2 N–H and O–H groups in total. The van der Waals surface area contributed by atoms with Crippen LogP contribution in [0.25, 0.3) is 0 Å². The number of rotatable bonds is 9. The van der Waals surface area contributed by atoms with Gasteiger partial charge < -0.3 is 20.3 Å². The molecule has 0 aliphatic carbocycles. The van der Waals surface area contributed by atoms with Crippen LogP contribution in [0.4, 0.5) is 4.39 Å². The van der Waals surface area contributed by atoms with Crippen molar-refractivity contribution in [2.24, 2.45) is 5.92 Å². The van der Waals surface area contributed by atoms with Crippen LogP contribution in [0, 0.1) is 11.7 Å². The first-order chi connectivity index (χ1) is 16.0. The number of piperidine rings is 1. The van der Waals surface area contributed by atoms with E-state index >= 15 is 0 Å². The van der Waals surface area contributed by atoms with Gasteiger partial charge in [-0.2, -0.15) is 0 Å². The van der Waals surface area contributed by atoms with Gasteiger partial charge in [-0.1, -0.05) is 30.3 Å². The standard InChI is InChI=1S/C25H30FN3O4/c1-33-17-7-14-27-24(31)22(28-23(30)19-8-3-2-4-9-19)18-12-15-29(16-13-18)25(32)20-10-5-6-11-21(20)26/h2-6,8-11,18,22H,7,12-17H2,1H3,(H,27,31)(H,28,30)/t22-/m1/s1. The van der Waals surface area contributed by atoms with Gasteiger partial charge in [-0.3, -0.25) is 14.4 Å². The van der Waals surface area contributed by atoms with E-state index in [0.29, 0.717) is 51.1 Å². The Balaban J connectivity index is 1.66. The molecule has 0 spiro atoms. The summed E-state index contributed by atoms with van der Waals surface area (Å²) in [6.07, 6.45) is 1.70. The predicted molar refractivity (Wildman–Crippen MR) is 122 cm³/mol. The van der Waals surface area contributed by atoms with Crippen molar-refractivity contribution < 1.29 is 23.5 Å². The number of carbonyl (C=O) groups excluding carboxylic acids is 3. The Hall–Kier alpha value is -3.26. The van der Waals surface area contributed by atoms with Crippen LogP contribution in [-0.4, -0.2) is 62.0 Å². The van der Waals surface area contributed by atoms with Crippen LogP contribution in [-0.2, 0) is 9.53 Å². The van der Waals surface area contributed by atoms with Crippen molar-refractivity contribution in [1.82, 2.24) is 15.5 Å². The third kappa shape index (κ3) is 6.61. The highest BCUT2D eigenvalue weighted by molar-refractivity contribution is 5.97. The maximum absolute atomic E-state index is 14.0. The number of ether oxygens (including phenoxy) is 1. The minimum atomic E-state index is -0.731. The Kier molecular flexibility index (Phi) is 8.95. The molecule has 0 bridgehead atoms. The summed E-state index contributed by atoms with van der Waals surface area (Å²) in [6, 6.07) is 13.9. The summed E-state index contributed by atoms with van der Waals surface area (Å²) in [7, 11) is 1.60. The second kappa shape index (κ2) is 12.1. The van der Waals surface area contributed by atoms with Crippen LogP contribution in [0.5, 0.6) is 0 Å². The number of likely N-dealkylation sites (tertiary alicyclic amines) is 1. The number of nitrogens with one attached hydrogen (secondary N) is 2. The molecule has 176 valence electrons. The maximum Gasteiger partial charge on any atom is 0.256 e. The number of amides is 3. The lowest BCUT2D eigenvalue weighted by Gasteiger charge is -2.36. The van der Waals surface area contributed by atoms with E-state index in [4.69, 9.17) is 4.74 Å². The number of carbonyl (C=O) groups is 3. The molecular formula is C25H30FN3O4. The maximum atomic E-state index is 14.0. The van der Waals surface area contributed by atoms with Crippen molar-refractivity contribution >= 4 is 17.7 Å². The molecule has 8 heteroatoms. The van der Waals surface area contributed by atoms with Crippen molar-refractivity contribution in [1.29, 1.82) is 0 Å². The van der Waals surface area contributed by atoms with Gasteiger partial charge in [-0.05, 0) is 49.4 Å². The molecule has 1 heterocycles. The fraction of sp³-hybridized carbons (Fsp3) is 0.400. The first-order valence-corrected chi connectivity index (χ1v) is 11.2. The third-order valence-corrected chi connectivity index (χ3v) is 5.83. The summed E-state index contributed by atoms with van der Waals surface area (Å²) in [5, 5.41) is 5.76. The molecule has 0 radical (unpaired) electrons. The molecule has 1 saturated heterocycles. The van der Waals surface area contributed by atoms with E-state index in [-0.39, 0.29) is 29.2 Å². The Bertz CT molecular complexity index is 946. The van der Waals surface area contributed by atoms with E-state index in [2.05, 4.69) is 10.6 Å². The number of nitrogens with zero attached hydrogens (tertiary/aromatic N) is 1. The monoisotopic (exact) mass is 455 g/mol. The molecule has 2 aromatic rings. The average molecular weight is 456 g/mol. The third-order valence-electron chi connectivity index (χ3n) is 5.83. The van der Waals surface area contributed by atoms with E-state index in [9.17, 15) is 18.8 Å². The summed E-state index contributed by atoms with van der Waals surface area (Å²) in [4.78, 5) is 40.0. The summed E-state index contributed by atoms with van der Waals surface area (Å²) in [5.41, 5.74) is 0.516. The zero-order valence-electron chi connectivity index (χ0n) is 18.8. The van der Waals surface area contributed by atoms with Crippen LogP contribution in [0.1, 0.15) is 40.0 Å². The van der Waals surface area contributed by atoms with Gasteiger partial charge in [0.25, 0.3) is 11.8 Å². The van der Waals surface area contributed by atoms with Crippen molar-refractivity contribution in [2.45, 2.75) is 25.3 Å². The van der Waals surface area contributed by atoms with Gasteiger partial charge in [0, 0.05) is 38.9 Å². The van der Waals surface area contributed by atoms with Crippen LogP contribution >= 0.6 is 0 Å². The quantitative estimate of drug-likeness (QED) is 0.569. The molecule has 3 amide bonds. The predicted octanol–water partition coefficient (Wildman–Crippen LogP) is 2.63. The fourth-order valence-corrected chi connectivity index (χ4v) is 3.99. The SMILES string of the molecule is COCCCNC(=O)[C@H](NC(=O)c1ccccc1)C1CCN(C(=O)c2ccccc2F)CC1. The molecule has 0 aromatic heterocycles. The van der Waals surface area contributed by atoms with E-state index in [0.717, 1.165) is 0 Å². The lowest BCUT2D eigenvalue weighted by atomic mass is 9.88. The van der Waals surface area contributed by atoms with Crippen molar-refractivity contribution in [3.05, 3.63) is 71.5 Å². The molecule has 0 saturated carbocycles. The highest BCUT2D eigenvalue weighted by atomic mass is 19.1. The molecule has 3 rings (SSSR count). The highest BCUT2D eigenvalue weighted by Crippen LogP contribution is 2.23. The number of methoxy groups -OCH3 is 1. The van der Waals surface area contributed by atoms with E-state index < -0.39 is 11.9 Å². The fourth-order valence-electron chi connectivity index (χ4n) is 3.99. The molecule has 1 aliphatic heterocycles. The molecule has 33 heavy (non-hydrogen) atoms. The normalized spacial score (nSPS) is 15.0. The molecule has 0 unspecified atom stereocenters. The summed E-state index contributed by atoms with van der Waals surface area (Å²) in [6.45, 7) is 1.73. The Morgan fingerprint density at radius 2 is 1.73 bits per heavy atom. The average Bonchev–Trinajstić information content (AvgIpc) is 2.85. The van der Waals surface area contributed by atoms with E-state index in [1.54, 1.807) is 48.4 Å². The summed E-state index contributed by atoms with van der Waals surface area (Å²) < 4.78 is 19.0. The van der Waals surface area contributed by atoms with Crippen molar-refractivity contribution in [3.8, 4) is 0 Å². The molecule has 7 nitrogen and oxygen atoms in total. The van der Waals surface area contributed by atoms with E-state index in [1.807, 2.05) is 6.07 Å². The van der Waals surface area contributed by atoms with Gasteiger partial charge in [-0.25, -0.2) is 4.39 Å². The van der Waals surface area contributed by atoms with Gasteiger partial charge in [-0.15, -0.1) is 0 Å². The van der Waals surface area contributed by atoms with E-state index in [1.165, 1.54) is 12.1 Å². The first-order valence-electron chi connectivity index (χ1n) is 11.2. The number of benzene rings is 2. The Morgan fingerprint density at radius 1 is 1.06 bits per heavy atom. The van der Waals surface area contributed by atoms with Crippen LogP contribution < -0.4 is 10.6 Å². The second-order valence-corrected chi connectivity index (χ2v) is 8.06. The van der Waals surface area contributed by atoms with Gasteiger partial charge in [0.15, 0.2) is 0 Å². The van der Waals surface area contributed by atoms with Crippen molar-refractivity contribution in [2.75, 3.05) is 33.4 Å². The summed E-state index contributed by atoms with van der Waals surface area (Å²) >= 11 is 0. The highest BCUT2D eigenvalue weighted by Gasteiger charge is 2.34. The van der Waals surface area contributed by atoms with Gasteiger partial charge in [0.05, 0.1) is 5.56 Å². The van der Waals surface area contributed by atoms with Gasteiger partial charge in [0.2, 0.25) is 5.91 Å². The lowest BCUT2D eigenvalue weighted by molar-refractivity contribution is -0.124. The Morgan fingerprint density at radius 3 is 2.39 bits per heavy atom. The molecule has 1 atom stereocenters. The first kappa shape index (κ1) is 24.4. The zero-order valence-corrected chi connectivity index (χ0v) is 18.8. The Labute approximate surface area is 193 Å². The molecule has 1 fully saturated rings. The van der Waals surface area contributed by atoms with Crippen molar-refractivity contribution in [3.63, 3.8) is 0 Å². The summed E-state index contributed by atoms with van der Waals surface area (Å²) in [5.74, 6) is -1.63. The zero-order chi connectivity index (χ0) is 23.6. The van der Waals surface area contributed by atoms with Crippen LogP contribution in [0.3, 0.4) is 0 Å². The number of hydrogen-bond acceptors (Lipinski definition) is 4. The van der Waals surface area contributed by atoms with Crippen LogP contribution in [0.2, 0.25) is 0 Å². The topological polar surface area (TPSA) is 87.7 Å². The smallest absolute Gasteiger partial charge is 0.256 e. The lowest BCUT2D eigenvalue weighted by Crippen LogP contribution is -2.54. The number of halogens is 1. The minimum absolute atomic E-state index is 0.0424. The van der Waals surface area contributed by atoms with Gasteiger partial charge in [0.1, 0.15) is 11.9 Å². The minimum Gasteiger partial charge on any atom is -0.385 e.